The average Bonchev–Trinajstić information content (AvgIpc) is 3.20. The molecule has 4 rings (SSSR count). The third kappa shape index (κ3) is 6.19. The zero-order valence-corrected chi connectivity index (χ0v) is 20.9. The van der Waals surface area contributed by atoms with Gasteiger partial charge in [-0.25, -0.2) is 15.0 Å². The van der Waals surface area contributed by atoms with Crippen LogP contribution in [-0.2, 0) is 0 Å². The molecule has 1 aliphatic heterocycles. The van der Waals surface area contributed by atoms with Gasteiger partial charge in [0, 0.05) is 48.7 Å². The van der Waals surface area contributed by atoms with Crippen molar-refractivity contribution in [3.63, 3.8) is 0 Å². The molecule has 0 spiro atoms. The molecule has 2 aromatic heterocycles. The Morgan fingerprint density at radius 3 is 2.51 bits per heavy atom. The van der Waals surface area contributed by atoms with Crippen molar-refractivity contribution in [2.45, 2.75) is 39.4 Å². The molecular formula is C25H30F3N7O2. The number of aromatic amines is 1. The Labute approximate surface area is 212 Å². The summed E-state index contributed by atoms with van der Waals surface area (Å²) in [5, 5.41) is 12.9. The molecule has 3 N–H and O–H groups in total. The van der Waals surface area contributed by atoms with Crippen LogP contribution in [-0.4, -0.2) is 81.5 Å². The van der Waals surface area contributed by atoms with Crippen LogP contribution in [0.25, 0.3) is 10.9 Å². The third-order valence-electron chi connectivity index (χ3n) is 6.36. The summed E-state index contributed by atoms with van der Waals surface area (Å²) in [7, 11) is 0. The van der Waals surface area contributed by atoms with E-state index in [9.17, 15) is 23.1 Å². The number of H-pyrrole nitrogens is 1. The lowest BCUT2D eigenvalue weighted by Gasteiger charge is -2.37. The molecule has 0 aliphatic carbocycles. The van der Waals surface area contributed by atoms with Crippen LogP contribution in [0.5, 0.6) is 5.88 Å². The van der Waals surface area contributed by atoms with Gasteiger partial charge >= 0.3 is 6.18 Å². The van der Waals surface area contributed by atoms with E-state index in [4.69, 9.17) is 0 Å². The van der Waals surface area contributed by atoms with Gasteiger partial charge in [-0.2, -0.15) is 13.2 Å². The van der Waals surface area contributed by atoms with E-state index >= 15 is 0 Å². The lowest BCUT2D eigenvalue weighted by molar-refractivity contribution is -0.123. The number of amides is 1. The summed E-state index contributed by atoms with van der Waals surface area (Å²) in [6.07, 6.45) is -0.846. The molecule has 0 unspecified atom stereocenters. The highest BCUT2D eigenvalue weighted by Crippen LogP contribution is 2.31. The quantitative estimate of drug-likeness (QED) is 0.409. The van der Waals surface area contributed by atoms with E-state index in [1.165, 1.54) is 18.2 Å². The van der Waals surface area contributed by atoms with Crippen molar-refractivity contribution in [2.24, 2.45) is 4.99 Å². The topological polar surface area (TPSA) is 110 Å². The first-order valence-corrected chi connectivity index (χ1v) is 12.1. The first-order chi connectivity index (χ1) is 17.6. The normalized spacial score (nSPS) is 15.5. The van der Waals surface area contributed by atoms with Gasteiger partial charge in [-0.1, -0.05) is 6.92 Å². The molecule has 1 fully saturated rings. The second-order valence-electron chi connectivity index (χ2n) is 9.17. The fraction of sp³-hybridized carbons (Fsp3) is 0.440. The van der Waals surface area contributed by atoms with Gasteiger partial charge in [-0.3, -0.25) is 9.69 Å². The largest absolute Gasteiger partial charge is 0.494 e. The number of hydrogen-bond donors (Lipinski definition) is 3. The Hall–Kier alpha value is -3.67. The standard InChI is InChI=1S/C25H30F3N7O2/c1-4-18(32-20-12-30-21(13-29-20)35-9-7-34(8-10-35)15(2)3)22-17-11-16(5-6-19(17)33-24(22)37)23(36)31-14-25(26,27)28/h5-6,11-13,15,33,37H,4,7-10,14H2,1-3H3,(H,31,36)/b32-18+. The van der Waals surface area contributed by atoms with Gasteiger partial charge in [-0.15, -0.1) is 0 Å². The number of aliphatic imine (C=N–C) groups is 1. The fourth-order valence-electron chi connectivity index (χ4n) is 4.35. The van der Waals surface area contributed by atoms with Crippen molar-refractivity contribution in [3.05, 3.63) is 41.7 Å². The molecular weight excluding hydrogens is 487 g/mol. The average molecular weight is 518 g/mol. The maximum Gasteiger partial charge on any atom is 0.405 e. The fourth-order valence-corrected chi connectivity index (χ4v) is 4.35. The van der Waals surface area contributed by atoms with Gasteiger partial charge in [-0.05, 0) is 38.5 Å². The van der Waals surface area contributed by atoms with Crippen LogP contribution >= 0.6 is 0 Å². The van der Waals surface area contributed by atoms with Crippen LogP contribution in [0, 0.1) is 0 Å². The first kappa shape index (κ1) is 26.4. The molecule has 3 heterocycles. The van der Waals surface area contributed by atoms with Crippen LogP contribution in [0.3, 0.4) is 0 Å². The number of nitrogens with one attached hydrogen (secondary N) is 2. The van der Waals surface area contributed by atoms with E-state index in [1.807, 2.05) is 12.2 Å². The summed E-state index contributed by atoms with van der Waals surface area (Å²) in [5.74, 6) is 0.103. The highest BCUT2D eigenvalue weighted by atomic mass is 19.4. The SMILES string of the molecule is CC/C(=N\c1cnc(N2CCN(C(C)C)CC2)cn1)c1c(O)[nH]c2ccc(C(=O)NCC(F)(F)F)cc12. The Morgan fingerprint density at radius 2 is 1.92 bits per heavy atom. The summed E-state index contributed by atoms with van der Waals surface area (Å²) in [6, 6.07) is 4.86. The van der Waals surface area contributed by atoms with Crippen molar-refractivity contribution in [3.8, 4) is 5.88 Å². The summed E-state index contributed by atoms with van der Waals surface area (Å²) >= 11 is 0. The lowest BCUT2D eigenvalue weighted by atomic mass is 10.0. The molecule has 12 heteroatoms. The number of hydrogen-bond acceptors (Lipinski definition) is 7. The van der Waals surface area contributed by atoms with Gasteiger partial charge in [0.05, 0.1) is 23.7 Å². The Morgan fingerprint density at radius 1 is 1.19 bits per heavy atom. The van der Waals surface area contributed by atoms with Crippen LogP contribution in [0.1, 0.15) is 43.1 Å². The number of benzene rings is 1. The Bertz CT molecular complexity index is 1280. The number of carbonyl (C=O) groups excluding carboxylic acids is 1. The van der Waals surface area contributed by atoms with E-state index in [-0.39, 0.29) is 11.4 Å². The van der Waals surface area contributed by atoms with Gasteiger partial charge in [0.2, 0.25) is 0 Å². The molecule has 0 radical (unpaired) electrons. The number of halogens is 3. The van der Waals surface area contributed by atoms with E-state index in [1.54, 1.807) is 12.4 Å². The minimum Gasteiger partial charge on any atom is -0.494 e. The monoisotopic (exact) mass is 517 g/mol. The molecule has 37 heavy (non-hydrogen) atoms. The van der Waals surface area contributed by atoms with Crippen molar-refractivity contribution in [1.82, 2.24) is 25.2 Å². The molecule has 1 amide bonds. The maximum atomic E-state index is 12.5. The first-order valence-electron chi connectivity index (χ1n) is 12.1. The number of aromatic hydroxyl groups is 1. The molecule has 1 aromatic carbocycles. The minimum absolute atomic E-state index is 0.0363. The minimum atomic E-state index is -4.52. The predicted molar refractivity (Wildman–Crippen MR) is 136 cm³/mol. The molecule has 1 aliphatic rings. The molecule has 198 valence electrons. The van der Waals surface area contributed by atoms with Gasteiger partial charge in [0.1, 0.15) is 12.4 Å². The van der Waals surface area contributed by atoms with Crippen LogP contribution in [0.15, 0.2) is 35.6 Å². The van der Waals surface area contributed by atoms with Crippen LogP contribution in [0.2, 0.25) is 0 Å². The highest BCUT2D eigenvalue weighted by Gasteiger charge is 2.28. The number of rotatable bonds is 7. The Kier molecular flexibility index (Phi) is 7.67. The van der Waals surface area contributed by atoms with Gasteiger partial charge in [0.25, 0.3) is 5.91 Å². The second-order valence-corrected chi connectivity index (χ2v) is 9.17. The number of carbonyl (C=O) groups is 1. The van der Waals surface area contributed by atoms with Gasteiger partial charge in [0.15, 0.2) is 11.7 Å². The number of nitrogens with zero attached hydrogens (tertiary/aromatic N) is 5. The van der Waals surface area contributed by atoms with E-state index < -0.39 is 18.6 Å². The highest BCUT2D eigenvalue weighted by molar-refractivity contribution is 6.14. The summed E-state index contributed by atoms with van der Waals surface area (Å²) in [5.41, 5.74) is 1.40. The van der Waals surface area contributed by atoms with Crippen LogP contribution < -0.4 is 10.2 Å². The maximum absolute atomic E-state index is 12.5. The zero-order valence-electron chi connectivity index (χ0n) is 20.9. The van der Waals surface area contributed by atoms with Crippen molar-refractivity contribution < 1.29 is 23.1 Å². The number of piperazine rings is 1. The molecule has 9 nitrogen and oxygen atoms in total. The molecule has 0 bridgehead atoms. The van der Waals surface area contributed by atoms with Gasteiger partial charge < -0.3 is 20.3 Å². The zero-order chi connectivity index (χ0) is 26.7. The van der Waals surface area contributed by atoms with E-state index in [0.717, 1.165) is 32.0 Å². The van der Waals surface area contributed by atoms with Crippen LogP contribution in [0.4, 0.5) is 24.8 Å². The molecule has 0 atom stereocenters. The summed E-state index contributed by atoms with van der Waals surface area (Å²) in [6.45, 7) is 8.41. The number of alkyl halides is 3. The number of anilines is 1. The van der Waals surface area contributed by atoms with Crippen molar-refractivity contribution in [2.75, 3.05) is 37.6 Å². The van der Waals surface area contributed by atoms with E-state index in [2.05, 4.69) is 43.6 Å². The number of aromatic nitrogens is 3. The Balaban J connectivity index is 1.57. The van der Waals surface area contributed by atoms with Crippen molar-refractivity contribution in [1.29, 1.82) is 0 Å². The lowest BCUT2D eigenvalue weighted by Crippen LogP contribution is -2.49. The third-order valence-corrected chi connectivity index (χ3v) is 6.36. The second kappa shape index (κ2) is 10.8. The predicted octanol–water partition coefficient (Wildman–Crippen LogP) is 4.02. The summed E-state index contributed by atoms with van der Waals surface area (Å²) < 4.78 is 37.5. The van der Waals surface area contributed by atoms with E-state index in [0.29, 0.717) is 40.5 Å². The molecule has 3 aromatic rings. The van der Waals surface area contributed by atoms with Crippen molar-refractivity contribution >= 4 is 34.2 Å². The molecule has 1 saturated heterocycles. The summed E-state index contributed by atoms with van der Waals surface area (Å²) in [4.78, 5) is 33.2. The smallest absolute Gasteiger partial charge is 0.405 e. The molecule has 0 saturated carbocycles. The number of fused-ring (bicyclic) bond motifs is 1.